The minimum absolute atomic E-state index is 0.140. The summed E-state index contributed by atoms with van der Waals surface area (Å²) in [6, 6.07) is 9.05. The molecule has 2 rings (SSSR count). The Morgan fingerprint density at radius 3 is 2.28 bits per heavy atom. The molecule has 1 unspecified atom stereocenters. The Hall–Kier alpha value is -1.64. The van der Waals surface area contributed by atoms with Crippen LogP contribution in [0.4, 0.5) is 4.39 Å². The first-order chi connectivity index (χ1) is 11.6. The fourth-order valence-electron chi connectivity index (χ4n) is 2.86. The van der Waals surface area contributed by atoms with Gasteiger partial charge in [-0.2, -0.15) is 0 Å². The van der Waals surface area contributed by atoms with Gasteiger partial charge in [-0.05, 0) is 72.2 Å². The highest BCUT2D eigenvalue weighted by Gasteiger charge is 2.13. The van der Waals surface area contributed by atoms with Crippen molar-refractivity contribution in [2.45, 2.75) is 40.0 Å². The molecule has 0 saturated heterocycles. The molecule has 1 atom stereocenters. The highest BCUT2D eigenvalue weighted by atomic mass is 31.2. The zero-order valence-electron chi connectivity index (χ0n) is 15.5. The Morgan fingerprint density at radius 2 is 1.76 bits per heavy atom. The molecule has 0 aliphatic carbocycles. The maximum Gasteiger partial charge on any atom is 0.233 e. The second kappa shape index (κ2) is 7.72. The van der Waals surface area contributed by atoms with Crippen LogP contribution in [0.25, 0.3) is 0 Å². The molecule has 0 bridgehead atoms. The van der Waals surface area contributed by atoms with Crippen molar-refractivity contribution in [3.05, 3.63) is 64.0 Å². The van der Waals surface area contributed by atoms with Gasteiger partial charge in [0.1, 0.15) is 11.6 Å². The van der Waals surface area contributed by atoms with E-state index in [2.05, 4.69) is 0 Å². The molecule has 0 aliphatic heterocycles. The lowest BCUT2D eigenvalue weighted by Crippen LogP contribution is -2.02. The Kier molecular flexibility index (Phi) is 6.08. The second-order valence-electron chi connectivity index (χ2n) is 7.05. The summed E-state index contributed by atoms with van der Waals surface area (Å²) in [5.41, 5.74) is 5.06. The molecule has 0 saturated carbocycles. The Labute approximate surface area is 149 Å². The smallest absolute Gasteiger partial charge is 0.233 e. The maximum absolute atomic E-state index is 13.9. The van der Waals surface area contributed by atoms with Crippen LogP contribution in [0.1, 0.15) is 47.6 Å². The monoisotopic (exact) mass is 364 g/mol. The Morgan fingerprint density at radius 1 is 1.16 bits per heavy atom. The van der Waals surface area contributed by atoms with E-state index in [1.165, 1.54) is 12.7 Å². The first kappa shape index (κ1) is 19.7. The van der Waals surface area contributed by atoms with Crippen LogP contribution in [0, 0.1) is 19.7 Å². The molecule has 0 spiro atoms. The van der Waals surface area contributed by atoms with Crippen molar-refractivity contribution in [2.75, 3.05) is 13.0 Å². The molecule has 0 radical (unpaired) electrons. The zero-order valence-corrected chi connectivity index (χ0v) is 16.4. The Bertz CT molecular complexity index is 786. The molecule has 0 aliphatic rings. The number of hydrogen-bond donors (Lipinski definition) is 1. The molecule has 2 aromatic carbocycles. The van der Waals surface area contributed by atoms with Crippen molar-refractivity contribution in [1.82, 2.24) is 0 Å². The first-order valence-corrected chi connectivity index (χ1v) is 10.7. The molecule has 1 N–H and O–H groups in total. The minimum atomic E-state index is -3.21. The molecule has 2 aromatic rings. The molecule has 5 heteroatoms. The normalized spacial score (nSPS) is 13.8. The van der Waals surface area contributed by atoms with Gasteiger partial charge in [0.25, 0.3) is 0 Å². The second-order valence-corrected chi connectivity index (χ2v) is 9.41. The zero-order chi connectivity index (χ0) is 18.8. The van der Waals surface area contributed by atoms with Gasteiger partial charge in [0.05, 0.1) is 0 Å². The van der Waals surface area contributed by atoms with E-state index in [1.54, 1.807) is 0 Å². The predicted octanol–water partition coefficient (Wildman–Crippen LogP) is 5.39. The van der Waals surface area contributed by atoms with Crippen molar-refractivity contribution in [3.63, 3.8) is 0 Å². The van der Waals surface area contributed by atoms with Gasteiger partial charge >= 0.3 is 0 Å². The third kappa shape index (κ3) is 5.42. The van der Waals surface area contributed by atoms with Crippen LogP contribution >= 0.6 is 7.37 Å². The van der Waals surface area contributed by atoms with Crippen LogP contribution in [0.3, 0.4) is 0 Å². The van der Waals surface area contributed by atoms with Gasteiger partial charge in [0, 0.05) is 6.66 Å². The largest absolute Gasteiger partial charge is 0.484 e. The van der Waals surface area contributed by atoms with Gasteiger partial charge in [-0.1, -0.05) is 26.0 Å². The lowest BCUT2D eigenvalue weighted by atomic mass is 9.93. The summed E-state index contributed by atoms with van der Waals surface area (Å²) >= 11 is 0. The molecular formula is C20H26FO3P. The highest BCUT2D eigenvalue weighted by Crippen LogP contribution is 2.36. The molecule has 0 fully saturated rings. The number of halogens is 1. The number of aryl methyl sites for hydroxylation is 2. The third-order valence-corrected chi connectivity index (χ3v) is 4.81. The van der Waals surface area contributed by atoms with Crippen molar-refractivity contribution in [2.24, 2.45) is 0 Å². The van der Waals surface area contributed by atoms with E-state index in [1.807, 2.05) is 52.0 Å². The summed E-state index contributed by atoms with van der Waals surface area (Å²) in [4.78, 5) is 9.36. The quantitative estimate of drug-likeness (QED) is 0.699. The molecule has 0 aromatic heterocycles. The number of hydrogen-bond acceptors (Lipinski definition) is 2. The topological polar surface area (TPSA) is 46.5 Å². The number of rotatable bonds is 6. The van der Waals surface area contributed by atoms with Crippen molar-refractivity contribution < 1.29 is 18.6 Å². The summed E-state index contributed by atoms with van der Waals surface area (Å²) in [5.74, 6) is 0.571. The minimum Gasteiger partial charge on any atom is -0.484 e. The van der Waals surface area contributed by atoms with Gasteiger partial charge in [-0.15, -0.1) is 0 Å². The SMILES string of the molecule is Cc1cc(OCP(C)(=O)O)cc(C)c1Cc1ccc(F)c(C(C)C)c1. The Balaban J connectivity index is 2.26. The van der Waals surface area contributed by atoms with Crippen LogP contribution in [-0.4, -0.2) is 17.9 Å². The van der Waals surface area contributed by atoms with E-state index in [-0.39, 0.29) is 18.1 Å². The van der Waals surface area contributed by atoms with Gasteiger partial charge in [0.2, 0.25) is 7.37 Å². The van der Waals surface area contributed by atoms with Crippen molar-refractivity contribution in [3.8, 4) is 5.75 Å². The van der Waals surface area contributed by atoms with Crippen molar-refractivity contribution >= 4 is 7.37 Å². The van der Waals surface area contributed by atoms with E-state index in [9.17, 15) is 13.8 Å². The summed E-state index contributed by atoms with van der Waals surface area (Å²) < 4.78 is 30.7. The van der Waals surface area contributed by atoms with Gasteiger partial charge < -0.3 is 9.63 Å². The van der Waals surface area contributed by atoms with E-state index < -0.39 is 7.37 Å². The molecule has 0 heterocycles. The molecule has 3 nitrogen and oxygen atoms in total. The molecular weight excluding hydrogens is 338 g/mol. The fraction of sp³-hybridized carbons (Fsp3) is 0.400. The summed E-state index contributed by atoms with van der Waals surface area (Å²) in [6.07, 6.45) is 0.519. The summed E-state index contributed by atoms with van der Waals surface area (Å²) in [7, 11) is -3.21. The van der Waals surface area contributed by atoms with E-state index in [0.29, 0.717) is 12.2 Å². The average molecular weight is 364 g/mol. The van der Waals surface area contributed by atoms with E-state index in [0.717, 1.165) is 27.8 Å². The number of ether oxygens (including phenoxy) is 1. The van der Waals surface area contributed by atoms with Gasteiger partial charge in [0.15, 0.2) is 6.35 Å². The van der Waals surface area contributed by atoms with Crippen LogP contribution in [-0.2, 0) is 11.0 Å². The lowest BCUT2D eigenvalue weighted by molar-refractivity contribution is 0.352. The fourth-order valence-corrected chi connectivity index (χ4v) is 3.25. The summed E-state index contributed by atoms with van der Waals surface area (Å²) in [6.45, 7) is 9.23. The molecule has 25 heavy (non-hydrogen) atoms. The van der Waals surface area contributed by atoms with Crippen LogP contribution < -0.4 is 4.74 Å². The average Bonchev–Trinajstić information content (AvgIpc) is 2.49. The number of benzene rings is 2. The first-order valence-electron chi connectivity index (χ1n) is 8.37. The molecule has 0 amide bonds. The van der Waals surface area contributed by atoms with Crippen LogP contribution in [0.15, 0.2) is 30.3 Å². The predicted molar refractivity (Wildman–Crippen MR) is 100 cm³/mol. The van der Waals surface area contributed by atoms with Gasteiger partial charge in [-0.25, -0.2) is 4.39 Å². The maximum atomic E-state index is 13.9. The highest BCUT2D eigenvalue weighted by molar-refractivity contribution is 7.56. The van der Waals surface area contributed by atoms with Gasteiger partial charge in [-0.3, -0.25) is 4.57 Å². The lowest BCUT2D eigenvalue weighted by Gasteiger charge is -2.15. The van der Waals surface area contributed by atoms with Crippen LogP contribution in [0.2, 0.25) is 0 Å². The van der Waals surface area contributed by atoms with E-state index in [4.69, 9.17) is 4.74 Å². The molecule has 136 valence electrons. The summed E-state index contributed by atoms with van der Waals surface area (Å²) in [5, 5.41) is 0. The van der Waals surface area contributed by atoms with Crippen molar-refractivity contribution in [1.29, 1.82) is 0 Å². The van der Waals surface area contributed by atoms with E-state index >= 15 is 0 Å². The standard InChI is InChI=1S/C20H26FO3P/c1-13(2)18-10-16(6-7-20(18)21)11-19-14(3)8-17(9-15(19)4)24-12-25(5,22)23/h6-10,13H,11-12H2,1-5H3,(H,22,23). The third-order valence-electron chi connectivity index (χ3n) is 4.20. The van der Waals surface area contributed by atoms with Crippen LogP contribution in [0.5, 0.6) is 5.75 Å².